The first kappa shape index (κ1) is 14.4. The molecule has 0 saturated carbocycles. The molecule has 4 nitrogen and oxygen atoms in total. The summed E-state index contributed by atoms with van der Waals surface area (Å²) in [6.45, 7) is 1.83. The van der Waals surface area contributed by atoms with Crippen LogP contribution in [0.3, 0.4) is 0 Å². The minimum Gasteiger partial charge on any atom is -0.480 e. The van der Waals surface area contributed by atoms with Crippen molar-refractivity contribution in [2.24, 2.45) is 0 Å². The van der Waals surface area contributed by atoms with Crippen molar-refractivity contribution in [2.45, 2.75) is 31.7 Å². The highest BCUT2D eigenvalue weighted by Crippen LogP contribution is 2.30. The summed E-state index contributed by atoms with van der Waals surface area (Å²) in [5, 5.41) is 9.23. The molecule has 0 aromatic heterocycles. The average molecular weight is 283 g/mol. The third-order valence-electron chi connectivity index (χ3n) is 3.76. The van der Waals surface area contributed by atoms with Crippen molar-refractivity contribution < 1.29 is 23.5 Å². The third-order valence-corrected chi connectivity index (χ3v) is 3.76. The molecule has 1 heterocycles. The number of rotatable bonds is 3. The van der Waals surface area contributed by atoms with E-state index in [0.29, 0.717) is 25.5 Å². The van der Waals surface area contributed by atoms with Gasteiger partial charge in [0.2, 0.25) is 5.91 Å². The summed E-state index contributed by atoms with van der Waals surface area (Å²) in [6, 6.07) is 2.99. The van der Waals surface area contributed by atoms with Crippen LogP contribution in [0, 0.1) is 11.6 Å². The van der Waals surface area contributed by atoms with Gasteiger partial charge in [0.1, 0.15) is 17.2 Å². The fourth-order valence-corrected chi connectivity index (χ4v) is 2.51. The minimum absolute atomic E-state index is 0.0658. The van der Waals surface area contributed by atoms with Crippen LogP contribution in [0.2, 0.25) is 0 Å². The van der Waals surface area contributed by atoms with Crippen LogP contribution in [0.15, 0.2) is 18.2 Å². The number of benzene rings is 1. The van der Waals surface area contributed by atoms with Gasteiger partial charge in [-0.1, -0.05) is 6.07 Å². The Hall–Kier alpha value is -1.98. The van der Waals surface area contributed by atoms with E-state index in [-0.39, 0.29) is 12.0 Å². The number of likely N-dealkylation sites (tertiary alicyclic amines) is 1. The van der Waals surface area contributed by atoms with Crippen LogP contribution in [0.4, 0.5) is 8.78 Å². The fraction of sp³-hybridized carbons (Fsp3) is 0.429. The zero-order valence-electron chi connectivity index (χ0n) is 11.0. The second-order valence-corrected chi connectivity index (χ2v) is 5.14. The highest BCUT2D eigenvalue weighted by molar-refractivity contribution is 5.88. The molecular formula is C14H15F2NO3. The number of amides is 1. The molecule has 1 unspecified atom stereocenters. The number of aliphatic carboxylic acids is 1. The molecule has 1 fully saturated rings. The summed E-state index contributed by atoms with van der Waals surface area (Å²) in [7, 11) is 0. The first-order valence-corrected chi connectivity index (χ1v) is 6.32. The van der Waals surface area contributed by atoms with Crippen LogP contribution in [0.25, 0.3) is 0 Å². The summed E-state index contributed by atoms with van der Waals surface area (Å²) in [6.07, 6.45) is 0.704. The second-order valence-electron chi connectivity index (χ2n) is 5.14. The van der Waals surface area contributed by atoms with Gasteiger partial charge in [-0.15, -0.1) is 0 Å². The summed E-state index contributed by atoms with van der Waals surface area (Å²) in [5.74, 6) is -3.04. The topological polar surface area (TPSA) is 57.6 Å². The maximum atomic E-state index is 13.5. The first-order valence-electron chi connectivity index (χ1n) is 6.32. The number of carbonyl (C=O) groups excluding carboxylic acids is 1. The maximum Gasteiger partial charge on any atom is 0.329 e. The third kappa shape index (κ3) is 2.50. The van der Waals surface area contributed by atoms with E-state index in [1.807, 2.05) is 0 Å². The van der Waals surface area contributed by atoms with Crippen LogP contribution in [-0.4, -0.2) is 34.0 Å². The summed E-state index contributed by atoms with van der Waals surface area (Å²) < 4.78 is 26.3. The molecule has 0 aliphatic carbocycles. The van der Waals surface area contributed by atoms with E-state index >= 15 is 0 Å². The summed E-state index contributed by atoms with van der Waals surface area (Å²) >= 11 is 0. The Balaban J connectivity index is 2.18. The Morgan fingerprint density at radius 2 is 2.10 bits per heavy atom. The lowest BCUT2D eigenvalue weighted by Crippen LogP contribution is -2.51. The second kappa shape index (κ2) is 5.19. The Labute approximate surface area is 115 Å². The molecule has 1 amide bonds. The molecule has 1 aliphatic rings. The number of nitrogens with zero attached hydrogens (tertiary/aromatic N) is 1. The van der Waals surface area contributed by atoms with Crippen LogP contribution >= 0.6 is 0 Å². The lowest BCUT2D eigenvalue weighted by Gasteiger charge is -2.31. The average Bonchev–Trinajstić information content (AvgIpc) is 2.76. The van der Waals surface area contributed by atoms with Gasteiger partial charge in [-0.3, -0.25) is 4.79 Å². The lowest BCUT2D eigenvalue weighted by atomic mass is 9.98. The Kier molecular flexibility index (Phi) is 3.74. The number of carboxylic acid groups (broad SMARTS) is 1. The van der Waals surface area contributed by atoms with Gasteiger partial charge in [-0.05, 0) is 31.4 Å². The Bertz CT molecular complexity index is 561. The first-order chi connectivity index (χ1) is 9.34. The Morgan fingerprint density at radius 3 is 2.70 bits per heavy atom. The standard InChI is InChI=1S/C14H15F2NO3/c1-14(13(19)20)5-2-6-17(14)12(18)7-9-3-4-10(15)8-11(9)16/h3-4,8H,2,5-7H2,1H3,(H,19,20). The molecule has 1 aromatic carbocycles. The predicted octanol–water partition coefficient (Wildman–Crippen LogP) is 1.97. The van der Waals surface area contributed by atoms with E-state index in [2.05, 4.69) is 0 Å². The van der Waals surface area contributed by atoms with Crippen LogP contribution < -0.4 is 0 Å². The van der Waals surface area contributed by atoms with E-state index < -0.39 is 29.0 Å². The molecule has 2 rings (SSSR count). The minimum atomic E-state index is -1.24. The smallest absolute Gasteiger partial charge is 0.329 e. The number of carboxylic acids is 1. The van der Waals surface area contributed by atoms with E-state index in [0.717, 1.165) is 6.07 Å². The quantitative estimate of drug-likeness (QED) is 0.922. The van der Waals surface area contributed by atoms with Crippen molar-refractivity contribution in [3.05, 3.63) is 35.4 Å². The van der Waals surface area contributed by atoms with Gasteiger partial charge in [0.25, 0.3) is 0 Å². The highest BCUT2D eigenvalue weighted by Gasteiger charge is 2.45. The van der Waals surface area contributed by atoms with E-state index in [1.54, 1.807) is 0 Å². The van der Waals surface area contributed by atoms with Crippen molar-refractivity contribution >= 4 is 11.9 Å². The fourth-order valence-electron chi connectivity index (χ4n) is 2.51. The van der Waals surface area contributed by atoms with Gasteiger partial charge >= 0.3 is 5.97 Å². The van der Waals surface area contributed by atoms with Crippen LogP contribution in [0.1, 0.15) is 25.3 Å². The largest absolute Gasteiger partial charge is 0.480 e. The number of hydrogen-bond donors (Lipinski definition) is 1. The van der Waals surface area contributed by atoms with Crippen molar-refractivity contribution in [3.63, 3.8) is 0 Å². The lowest BCUT2D eigenvalue weighted by molar-refractivity contribution is -0.155. The van der Waals surface area contributed by atoms with Crippen LogP contribution in [-0.2, 0) is 16.0 Å². The zero-order valence-corrected chi connectivity index (χ0v) is 11.0. The maximum absolute atomic E-state index is 13.5. The molecule has 1 aliphatic heterocycles. The predicted molar refractivity (Wildman–Crippen MR) is 67.0 cm³/mol. The van der Waals surface area contributed by atoms with E-state index in [9.17, 15) is 23.5 Å². The molecule has 1 atom stereocenters. The van der Waals surface area contributed by atoms with Gasteiger partial charge in [0, 0.05) is 12.6 Å². The number of carbonyl (C=O) groups is 2. The Morgan fingerprint density at radius 1 is 1.40 bits per heavy atom. The van der Waals surface area contributed by atoms with Gasteiger partial charge < -0.3 is 10.0 Å². The summed E-state index contributed by atoms with van der Waals surface area (Å²) in [4.78, 5) is 24.7. The van der Waals surface area contributed by atoms with Crippen molar-refractivity contribution in [3.8, 4) is 0 Å². The molecule has 20 heavy (non-hydrogen) atoms. The van der Waals surface area contributed by atoms with Crippen molar-refractivity contribution in [1.82, 2.24) is 4.90 Å². The molecule has 1 aromatic rings. The molecule has 0 radical (unpaired) electrons. The van der Waals surface area contributed by atoms with Gasteiger partial charge in [0.15, 0.2) is 0 Å². The van der Waals surface area contributed by atoms with E-state index in [1.165, 1.54) is 17.9 Å². The van der Waals surface area contributed by atoms with Gasteiger partial charge in [-0.25, -0.2) is 13.6 Å². The highest BCUT2D eigenvalue weighted by atomic mass is 19.1. The van der Waals surface area contributed by atoms with Crippen molar-refractivity contribution in [1.29, 1.82) is 0 Å². The normalized spacial score (nSPS) is 22.1. The van der Waals surface area contributed by atoms with Gasteiger partial charge in [-0.2, -0.15) is 0 Å². The molecule has 0 spiro atoms. The summed E-state index contributed by atoms with van der Waals surface area (Å²) in [5.41, 5.74) is -1.18. The van der Waals surface area contributed by atoms with E-state index in [4.69, 9.17) is 0 Å². The molecule has 1 N–H and O–H groups in total. The van der Waals surface area contributed by atoms with Crippen molar-refractivity contribution in [2.75, 3.05) is 6.54 Å². The molecule has 1 saturated heterocycles. The molecule has 108 valence electrons. The zero-order chi connectivity index (χ0) is 14.9. The molecule has 6 heteroatoms. The van der Waals surface area contributed by atoms with Gasteiger partial charge in [0.05, 0.1) is 6.42 Å². The van der Waals surface area contributed by atoms with Crippen LogP contribution in [0.5, 0.6) is 0 Å². The monoisotopic (exact) mass is 283 g/mol. The number of halogens is 2. The molecule has 0 bridgehead atoms. The molecular weight excluding hydrogens is 268 g/mol. The number of hydrogen-bond acceptors (Lipinski definition) is 2. The SMILES string of the molecule is CC1(C(=O)O)CCCN1C(=O)Cc1ccc(F)cc1F.